The second kappa shape index (κ2) is 37.2. The Hall–Kier alpha value is 1.81. The van der Waals surface area contributed by atoms with Gasteiger partial charge >= 0.3 is 88.7 Å². The Bertz CT molecular complexity index is 96.1. The molecule has 0 aliphatic heterocycles. The molecule has 0 saturated heterocycles. The zero-order valence-electron chi connectivity index (χ0n) is 7.04. The van der Waals surface area contributed by atoms with Gasteiger partial charge in [-0.1, -0.05) is 0 Å². The Morgan fingerprint density at radius 1 is 0.615 bits per heavy atom. The Morgan fingerprint density at radius 2 is 0.615 bits per heavy atom. The standard InChI is InChI=1S/Cr.2Na.6H2O.4O/h;;;6*1H2;;;;/q;2*+1;;;;;;;;;2*-1. The normalized spacial score (nSPS) is 4.46. The molecule has 0 saturated carbocycles. The molecule has 0 unspecified atom stereocenters. The number of rotatable bonds is 0. The van der Waals surface area contributed by atoms with Gasteiger partial charge in [0.2, 0.25) is 0 Å². The van der Waals surface area contributed by atoms with E-state index in [0.29, 0.717) is 0 Å². The maximum absolute atomic E-state index is 8.59. The van der Waals surface area contributed by atoms with Crippen LogP contribution in [0.25, 0.3) is 0 Å². The quantitative estimate of drug-likeness (QED) is 0.387. The van der Waals surface area contributed by atoms with Crippen LogP contribution >= 0.6 is 0 Å². The summed E-state index contributed by atoms with van der Waals surface area (Å²) in [6.07, 6.45) is 0. The fraction of sp³-hybridized carbons (Fsp3) is 0. The summed E-state index contributed by atoms with van der Waals surface area (Å²) in [4.78, 5) is 0. The average molecular weight is 270 g/mol. The topological polar surface area (TPSA) is 269 Å². The van der Waals surface area contributed by atoms with Gasteiger partial charge in [-0.3, -0.25) is 0 Å². The van der Waals surface area contributed by atoms with Crippen molar-refractivity contribution in [1.82, 2.24) is 0 Å². The van der Waals surface area contributed by atoms with E-state index in [9.17, 15) is 0 Å². The molecule has 0 amide bonds. The summed E-state index contributed by atoms with van der Waals surface area (Å²) in [7, 11) is 0. The Balaban J connectivity index is -0.00000000286. The van der Waals surface area contributed by atoms with Gasteiger partial charge < -0.3 is 32.9 Å². The Labute approximate surface area is 120 Å². The second-order valence-electron chi connectivity index (χ2n) is 0.408. The summed E-state index contributed by atoms with van der Waals surface area (Å²) in [5.41, 5.74) is 0. The molecule has 0 fully saturated rings. The van der Waals surface area contributed by atoms with Crippen molar-refractivity contribution in [2.24, 2.45) is 0 Å². The van der Waals surface area contributed by atoms with Crippen LogP contribution in [-0.4, -0.2) is 32.9 Å². The van der Waals surface area contributed by atoms with Gasteiger partial charge in [-0.25, -0.2) is 0 Å². The number of hydrogen-bond donors (Lipinski definition) is 0. The molecule has 0 atom stereocenters. The van der Waals surface area contributed by atoms with Crippen molar-refractivity contribution in [2.45, 2.75) is 0 Å². The number of hydrogen-bond acceptors (Lipinski definition) is 4. The van der Waals surface area contributed by atoms with Gasteiger partial charge in [0.1, 0.15) is 0 Å². The molecule has 80 valence electrons. The second-order valence-corrected chi connectivity index (χ2v) is 1.68. The van der Waals surface area contributed by atoms with Gasteiger partial charge in [0.25, 0.3) is 0 Å². The minimum atomic E-state index is -5.75. The van der Waals surface area contributed by atoms with Crippen molar-refractivity contribution in [2.75, 3.05) is 0 Å². The van der Waals surface area contributed by atoms with Gasteiger partial charge in [0, 0.05) is 0 Å². The summed E-state index contributed by atoms with van der Waals surface area (Å²) in [5, 5.41) is 0. The van der Waals surface area contributed by atoms with Crippen LogP contribution in [0, 0.1) is 0 Å². The van der Waals surface area contributed by atoms with E-state index in [1.54, 1.807) is 0 Å². The minimum absolute atomic E-state index is 0. The predicted octanol–water partition coefficient (Wildman–Crippen LogP) is -13.6. The third-order valence-electron chi connectivity index (χ3n) is 0. The molecule has 10 nitrogen and oxygen atoms in total. The summed E-state index contributed by atoms with van der Waals surface area (Å²) in [6, 6.07) is 0. The van der Waals surface area contributed by atoms with Crippen LogP contribution in [0.15, 0.2) is 0 Å². The molecular weight excluding hydrogens is 258 g/mol. The summed E-state index contributed by atoms with van der Waals surface area (Å²) in [6.45, 7) is 0. The predicted molar refractivity (Wildman–Crippen MR) is 23.1 cm³/mol. The molecule has 0 bridgehead atoms. The van der Waals surface area contributed by atoms with Crippen LogP contribution in [0.5, 0.6) is 0 Å². The summed E-state index contributed by atoms with van der Waals surface area (Å²) < 4.78 is 34.4. The van der Waals surface area contributed by atoms with Gasteiger partial charge in [0.05, 0.1) is 0 Å². The molecule has 0 rings (SSSR count). The van der Waals surface area contributed by atoms with Gasteiger partial charge in [-0.05, 0) is 0 Å². The molecule has 13 heteroatoms. The van der Waals surface area contributed by atoms with Gasteiger partial charge in [-0.2, -0.15) is 0 Å². The van der Waals surface area contributed by atoms with Gasteiger partial charge in [0.15, 0.2) is 0 Å². The SMILES string of the molecule is O.O.O.O.O.O.[Na+].[Na+].[O]=[Cr](=[O])([O-])[O-]. The molecule has 0 aromatic rings. The molecule has 0 spiro atoms. The van der Waals surface area contributed by atoms with E-state index in [2.05, 4.69) is 0 Å². The summed E-state index contributed by atoms with van der Waals surface area (Å²) in [5.74, 6) is 0. The molecule has 12 N–H and O–H groups in total. The molecule has 0 heterocycles. The average Bonchev–Trinajstić information content (AvgIpc) is 0.722. The van der Waals surface area contributed by atoms with Crippen LogP contribution in [0.3, 0.4) is 0 Å². The van der Waals surface area contributed by atoms with E-state index >= 15 is 0 Å². The van der Waals surface area contributed by atoms with Crippen LogP contribution in [0.1, 0.15) is 0 Å². The molecule has 0 aromatic carbocycles. The van der Waals surface area contributed by atoms with E-state index in [1.807, 2.05) is 0 Å². The molecular formula is H12CrNa2O10. The van der Waals surface area contributed by atoms with Crippen LogP contribution in [-0.2, 0) is 21.2 Å². The first kappa shape index (κ1) is 83.6. The van der Waals surface area contributed by atoms with Crippen molar-refractivity contribution in [3.8, 4) is 0 Å². The van der Waals surface area contributed by atoms with E-state index in [-0.39, 0.29) is 92.0 Å². The zero-order chi connectivity index (χ0) is 4.50. The molecule has 0 radical (unpaired) electrons. The molecule has 13 heavy (non-hydrogen) atoms. The van der Waals surface area contributed by atoms with Crippen LogP contribution in [0.2, 0.25) is 0 Å². The zero-order valence-corrected chi connectivity index (χ0v) is 12.3. The van der Waals surface area contributed by atoms with E-state index in [1.165, 1.54) is 0 Å². The Kier molecular flexibility index (Phi) is 239. The Morgan fingerprint density at radius 3 is 0.615 bits per heavy atom. The first-order valence-electron chi connectivity index (χ1n) is 0.667. The fourth-order valence-electron chi connectivity index (χ4n) is 0. The van der Waals surface area contributed by atoms with E-state index in [4.69, 9.17) is 15.9 Å². The first-order chi connectivity index (χ1) is 2.00. The van der Waals surface area contributed by atoms with E-state index in [0.717, 1.165) is 0 Å². The molecule has 0 aliphatic rings. The summed E-state index contributed by atoms with van der Waals surface area (Å²) >= 11 is -5.75. The fourth-order valence-corrected chi connectivity index (χ4v) is 0. The molecule has 0 aromatic heterocycles. The van der Waals surface area contributed by atoms with Crippen LogP contribution < -0.4 is 67.4 Å². The molecule has 0 aliphatic carbocycles. The van der Waals surface area contributed by atoms with Crippen molar-refractivity contribution in [3.63, 3.8) is 0 Å². The maximum atomic E-state index is 8.59. The van der Waals surface area contributed by atoms with E-state index < -0.39 is 13.6 Å². The van der Waals surface area contributed by atoms with Crippen LogP contribution in [0.4, 0.5) is 0 Å². The first-order valence-corrected chi connectivity index (χ1v) is 2.75. The van der Waals surface area contributed by atoms with Crippen molar-refractivity contribution in [1.29, 1.82) is 0 Å². The third-order valence-corrected chi connectivity index (χ3v) is 0. The third kappa shape index (κ3) is 587. The monoisotopic (exact) mass is 270 g/mol. The van der Waals surface area contributed by atoms with Crippen molar-refractivity contribution < 1.29 is 122 Å². The van der Waals surface area contributed by atoms with Crippen molar-refractivity contribution >= 4 is 0 Å². The van der Waals surface area contributed by atoms with Gasteiger partial charge in [-0.15, -0.1) is 0 Å². The van der Waals surface area contributed by atoms with Crippen molar-refractivity contribution in [3.05, 3.63) is 0 Å².